The molecular formula is C16H18ClN3O2S. The smallest absolute Gasteiger partial charge is 0.310 e. The van der Waals surface area contributed by atoms with Crippen LogP contribution in [-0.2, 0) is 16.0 Å². The first-order valence-corrected chi connectivity index (χ1v) is 8.75. The summed E-state index contributed by atoms with van der Waals surface area (Å²) in [7, 11) is 1.44. The Morgan fingerprint density at radius 2 is 2.17 bits per heavy atom. The summed E-state index contributed by atoms with van der Waals surface area (Å²) in [5.74, 6) is -0.210. The number of nitrogens with zero attached hydrogens (tertiary/aromatic N) is 3. The van der Waals surface area contributed by atoms with Crippen molar-refractivity contribution >= 4 is 34.0 Å². The Labute approximate surface area is 144 Å². The fourth-order valence-corrected chi connectivity index (χ4v) is 3.76. The molecule has 2 aromatic rings. The van der Waals surface area contributed by atoms with Crippen LogP contribution in [0.5, 0.6) is 0 Å². The van der Waals surface area contributed by atoms with Gasteiger partial charge in [-0.1, -0.05) is 35.1 Å². The lowest BCUT2D eigenvalue weighted by molar-refractivity contribution is -0.145. The Hall–Kier alpha value is -1.66. The maximum absolute atomic E-state index is 11.7. The Kier molecular flexibility index (Phi) is 5.13. The number of rotatable bonds is 4. The number of aromatic nitrogens is 2. The molecule has 0 radical (unpaired) electrons. The Balaban J connectivity index is 1.66. The molecule has 122 valence electrons. The maximum atomic E-state index is 11.7. The lowest BCUT2D eigenvalue weighted by atomic mass is 9.99. The number of hydrogen-bond donors (Lipinski definition) is 0. The molecule has 23 heavy (non-hydrogen) atoms. The number of esters is 1. The molecule has 5 nitrogen and oxygen atoms in total. The van der Waals surface area contributed by atoms with E-state index in [0.717, 1.165) is 46.5 Å². The zero-order chi connectivity index (χ0) is 16.2. The van der Waals surface area contributed by atoms with Crippen molar-refractivity contribution in [3.05, 3.63) is 39.9 Å². The van der Waals surface area contributed by atoms with E-state index in [1.165, 1.54) is 7.11 Å². The predicted molar refractivity (Wildman–Crippen MR) is 91.1 cm³/mol. The monoisotopic (exact) mass is 351 g/mol. The van der Waals surface area contributed by atoms with Crippen LogP contribution in [0.15, 0.2) is 24.3 Å². The topological polar surface area (TPSA) is 55.3 Å². The third-order valence-electron chi connectivity index (χ3n) is 3.95. The van der Waals surface area contributed by atoms with Gasteiger partial charge < -0.3 is 9.64 Å². The molecule has 1 aliphatic rings. The third-order valence-corrected chi connectivity index (χ3v) is 5.19. The van der Waals surface area contributed by atoms with Crippen molar-refractivity contribution in [2.75, 3.05) is 25.1 Å². The van der Waals surface area contributed by atoms with E-state index in [-0.39, 0.29) is 11.9 Å². The van der Waals surface area contributed by atoms with Crippen molar-refractivity contribution < 1.29 is 9.53 Å². The number of methoxy groups -OCH3 is 1. The van der Waals surface area contributed by atoms with Crippen LogP contribution in [0.3, 0.4) is 0 Å². The van der Waals surface area contributed by atoms with Gasteiger partial charge in [0.1, 0.15) is 5.01 Å². The SMILES string of the molecule is COC(=O)[C@H]1CCCN(c2nnc(Cc3ccc(Cl)cc3)s2)C1. The standard InChI is InChI=1S/C16H18ClN3O2S/c1-22-15(21)12-3-2-8-20(10-12)16-19-18-14(23-16)9-11-4-6-13(17)7-5-11/h4-7,12H,2-3,8-10H2,1H3/t12-/m0/s1. The van der Waals surface area contributed by atoms with Gasteiger partial charge in [0.15, 0.2) is 0 Å². The van der Waals surface area contributed by atoms with Crippen molar-refractivity contribution in [1.29, 1.82) is 0 Å². The van der Waals surface area contributed by atoms with E-state index in [1.807, 2.05) is 24.3 Å². The van der Waals surface area contributed by atoms with E-state index in [9.17, 15) is 4.79 Å². The molecule has 1 atom stereocenters. The van der Waals surface area contributed by atoms with Gasteiger partial charge in [-0.25, -0.2) is 0 Å². The molecule has 3 rings (SSSR count). The summed E-state index contributed by atoms with van der Waals surface area (Å²) in [4.78, 5) is 13.9. The second kappa shape index (κ2) is 7.27. The van der Waals surface area contributed by atoms with Gasteiger partial charge in [0.2, 0.25) is 5.13 Å². The highest BCUT2D eigenvalue weighted by atomic mass is 35.5. The molecular weight excluding hydrogens is 334 g/mol. The van der Waals surface area contributed by atoms with Crippen molar-refractivity contribution in [1.82, 2.24) is 10.2 Å². The summed E-state index contributed by atoms with van der Waals surface area (Å²) >= 11 is 7.48. The second-order valence-corrected chi connectivity index (χ2v) is 7.07. The largest absolute Gasteiger partial charge is 0.469 e. The molecule has 0 N–H and O–H groups in total. The molecule has 0 saturated carbocycles. The van der Waals surface area contributed by atoms with Gasteiger partial charge in [-0.3, -0.25) is 4.79 Å². The second-order valence-electron chi connectivity index (χ2n) is 5.59. The number of hydrogen-bond acceptors (Lipinski definition) is 6. The van der Waals surface area contributed by atoms with E-state index in [2.05, 4.69) is 15.1 Å². The number of ether oxygens (including phenoxy) is 1. The molecule has 1 saturated heterocycles. The summed E-state index contributed by atoms with van der Waals surface area (Å²) in [6.45, 7) is 1.56. The molecule has 0 aliphatic carbocycles. The van der Waals surface area contributed by atoms with Crippen molar-refractivity contribution in [3.8, 4) is 0 Å². The van der Waals surface area contributed by atoms with E-state index in [4.69, 9.17) is 16.3 Å². The molecule has 1 aromatic heterocycles. The van der Waals surface area contributed by atoms with Crippen LogP contribution in [0.2, 0.25) is 5.02 Å². The number of anilines is 1. The van der Waals surface area contributed by atoms with Crippen LogP contribution in [0.1, 0.15) is 23.4 Å². The molecule has 1 aromatic carbocycles. The maximum Gasteiger partial charge on any atom is 0.310 e. The number of carbonyl (C=O) groups excluding carboxylic acids is 1. The number of halogens is 1. The van der Waals surface area contributed by atoms with Gasteiger partial charge >= 0.3 is 5.97 Å². The Bertz CT molecular complexity index is 674. The minimum Gasteiger partial charge on any atom is -0.469 e. The van der Waals surface area contributed by atoms with E-state index < -0.39 is 0 Å². The average Bonchev–Trinajstić information content (AvgIpc) is 3.05. The zero-order valence-electron chi connectivity index (χ0n) is 12.9. The molecule has 7 heteroatoms. The van der Waals surface area contributed by atoms with Gasteiger partial charge in [-0.2, -0.15) is 0 Å². The van der Waals surface area contributed by atoms with Crippen molar-refractivity contribution in [2.45, 2.75) is 19.3 Å². The summed E-state index contributed by atoms with van der Waals surface area (Å²) in [6.07, 6.45) is 2.58. The third kappa shape index (κ3) is 4.00. The van der Waals surface area contributed by atoms with Gasteiger partial charge in [-0.05, 0) is 30.5 Å². The fourth-order valence-electron chi connectivity index (χ4n) is 2.73. The summed E-state index contributed by atoms with van der Waals surface area (Å²) in [5.41, 5.74) is 1.16. The van der Waals surface area contributed by atoms with Crippen molar-refractivity contribution in [3.63, 3.8) is 0 Å². The highest BCUT2D eigenvalue weighted by Crippen LogP contribution is 2.27. The number of carbonyl (C=O) groups is 1. The first-order chi connectivity index (χ1) is 11.2. The first-order valence-electron chi connectivity index (χ1n) is 7.55. The average molecular weight is 352 g/mol. The van der Waals surface area contributed by atoms with Gasteiger partial charge in [-0.15, -0.1) is 10.2 Å². The van der Waals surface area contributed by atoms with Crippen LogP contribution < -0.4 is 4.90 Å². The predicted octanol–water partition coefficient (Wildman–Crippen LogP) is 3.17. The molecule has 0 amide bonds. The number of piperidine rings is 1. The van der Waals surface area contributed by atoms with Crippen LogP contribution in [0.25, 0.3) is 0 Å². The van der Waals surface area contributed by atoms with Crippen LogP contribution >= 0.6 is 22.9 Å². The minimum absolute atomic E-state index is 0.0719. The van der Waals surface area contributed by atoms with Gasteiger partial charge in [0, 0.05) is 24.5 Å². The van der Waals surface area contributed by atoms with E-state index >= 15 is 0 Å². The Morgan fingerprint density at radius 3 is 2.91 bits per heavy atom. The number of benzene rings is 1. The van der Waals surface area contributed by atoms with Gasteiger partial charge in [0.25, 0.3) is 0 Å². The Morgan fingerprint density at radius 1 is 1.39 bits per heavy atom. The van der Waals surface area contributed by atoms with E-state index in [1.54, 1.807) is 11.3 Å². The molecule has 0 bridgehead atoms. The molecule has 2 heterocycles. The highest BCUT2D eigenvalue weighted by Gasteiger charge is 2.28. The van der Waals surface area contributed by atoms with Crippen LogP contribution in [-0.4, -0.2) is 36.4 Å². The normalized spacial score (nSPS) is 18.0. The highest BCUT2D eigenvalue weighted by molar-refractivity contribution is 7.15. The molecule has 1 fully saturated rings. The van der Waals surface area contributed by atoms with Gasteiger partial charge in [0.05, 0.1) is 13.0 Å². The molecule has 0 spiro atoms. The fraction of sp³-hybridized carbons (Fsp3) is 0.438. The summed E-state index contributed by atoms with van der Waals surface area (Å²) in [5, 5.41) is 11.1. The molecule has 1 aliphatic heterocycles. The van der Waals surface area contributed by atoms with Crippen molar-refractivity contribution in [2.24, 2.45) is 5.92 Å². The summed E-state index contributed by atoms with van der Waals surface area (Å²) in [6, 6.07) is 7.75. The lowest BCUT2D eigenvalue weighted by Crippen LogP contribution is -2.39. The van der Waals surface area contributed by atoms with Crippen LogP contribution in [0, 0.1) is 5.92 Å². The van der Waals surface area contributed by atoms with Crippen LogP contribution in [0.4, 0.5) is 5.13 Å². The van der Waals surface area contributed by atoms with E-state index in [0.29, 0.717) is 6.54 Å². The first kappa shape index (κ1) is 16.2. The zero-order valence-corrected chi connectivity index (χ0v) is 14.4. The molecule has 0 unspecified atom stereocenters. The quantitative estimate of drug-likeness (QED) is 0.792. The summed E-state index contributed by atoms with van der Waals surface area (Å²) < 4.78 is 4.86. The minimum atomic E-state index is -0.138. The lowest BCUT2D eigenvalue weighted by Gasteiger charge is -2.30.